The lowest BCUT2D eigenvalue weighted by molar-refractivity contribution is 0.158. The molecule has 0 aliphatic carbocycles. The Kier molecular flexibility index (Phi) is 4.55. The molecule has 0 bridgehead atoms. The Bertz CT molecular complexity index is 326. The van der Waals surface area contributed by atoms with Gasteiger partial charge < -0.3 is 15.4 Å². The number of ether oxygens (including phenoxy) is 1. The van der Waals surface area contributed by atoms with Crippen LogP contribution in [0.25, 0.3) is 0 Å². The summed E-state index contributed by atoms with van der Waals surface area (Å²) >= 11 is 0. The van der Waals surface area contributed by atoms with Crippen LogP contribution in [0.2, 0.25) is 0 Å². The van der Waals surface area contributed by atoms with Crippen molar-refractivity contribution in [2.75, 3.05) is 30.9 Å². The van der Waals surface area contributed by atoms with Gasteiger partial charge in [-0.3, -0.25) is 0 Å². The summed E-state index contributed by atoms with van der Waals surface area (Å²) in [5, 5.41) is 6.60. The zero-order valence-corrected chi connectivity index (χ0v) is 10.5. The number of rotatable bonds is 6. The molecule has 4 heteroatoms. The van der Waals surface area contributed by atoms with E-state index in [1.807, 2.05) is 12.1 Å². The van der Waals surface area contributed by atoms with Gasteiger partial charge in [-0.25, -0.2) is 4.98 Å². The minimum absolute atomic E-state index is 0.0837. The summed E-state index contributed by atoms with van der Waals surface area (Å²) in [6, 6.07) is 3.96. The third-order valence-electron chi connectivity index (χ3n) is 2.11. The Morgan fingerprint density at radius 3 is 2.81 bits per heavy atom. The highest BCUT2D eigenvalue weighted by Crippen LogP contribution is 2.17. The lowest BCUT2D eigenvalue weighted by Crippen LogP contribution is -2.35. The minimum Gasteiger partial charge on any atom is -0.382 e. The molecule has 16 heavy (non-hydrogen) atoms. The van der Waals surface area contributed by atoms with Crippen LogP contribution < -0.4 is 10.6 Å². The number of nitrogens with one attached hydrogen (secondary N) is 2. The average Bonchev–Trinajstić information content (AvgIpc) is 2.17. The number of pyridine rings is 1. The van der Waals surface area contributed by atoms with Crippen molar-refractivity contribution in [3.05, 3.63) is 18.3 Å². The maximum atomic E-state index is 5.16. The molecule has 0 unspecified atom stereocenters. The molecule has 0 amide bonds. The van der Waals surface area contributed by atoms with Gasteiger partial charge in [-0.1, -0.05) is 0 Å². The van der Waals surface area contributed by atoms with Crippen LogP contribution in [0.5, 0.6) is 0 Å². The van der Waals surface area contributed by atoms with E-state index in [9.17, 15) is 0 Å². The number of nitrogens with zero attached hydrogens (tertiary/aromatic N) is 1. The van der Waals surface area contributed by atoms with E-state index in [0.29, 0.717) is 6.61 Å². The topological polar surface area (TPSA) is 46.2 Å². The monoisotopic (exact) mass is 223 g/mol. The molecule has 90 valence electrons. The molecule has 1 aromatic rings. The SMILES string of the molecule is CCNc1cc(NC(C)(C)COC)ccn1. The molecule has 0 aromatic carbocycles. The number of hydrogen-bond donors (Lipinski definition) is 2. The second-order valence-electron chi connectivity index (χ2n) is 4.40. The van der Waals surface area contributed by atoms with Gasteiger partial charge in [0.15, 0.2) is 0 Å². The molecule has 0 fully saturated rings. The standard InChI is InChI=1S/C12H21N3O/c1-5-13-11-8-10(6-7-14-11)15-12(2,3)9-16-4/h6-8H,5,9H2,1-4H3,(H2,13,14,15). The Hall–Kier alpha value is -1.29. The summed E-state index contributed by atoms with van der Waals surface area (Å²) in [5.74, 6) is 0.890. The van der Waals surface area contributed by atoms with Crippen LogP contribution in [-0.2, 0) is 4.74 Å². The first-order valence-corrected chi connectivity index (χ1v) is 5.54. The van der Waals surface area contributed by atoms with Crippen LogP contribution in [0.15, 0.2) is 18.3 Å². The van der Waals surface area contributed by atoms with E-state index in [2.05, 4.69) is 36.4 Å². The van der Waals surface area contributed by atoms with Crippen molar-refractivity contribution >= 4 is 11.5 Å². The highest BCUT2D eigenvalue weighted by molar-refractivity contribution is 5.53. The van der Waals surface area contributed by atoms with E-state index in [-0.39, 0.29) is 5.54 Å². The first-order valence-electron chi connectivity index (χ1n) is 5.54. The molecule has 0 aliphatic rings. The van der Waals surface area contributed by atoms with E-state index < -0.39 is 0 Å². The molecule has 4 nitrogen and oxygen atoms in total. The molecule has 0 saturated heterocycles. The summed E-state index contributed by atoms with van der Waals surface area (Å²) in [6.45, 7) is 7.79. The van der Waals surface area contributed by atoms with Gasteiger partial charge in [-0.05, 0) is 26.8 Å². The van der Waals surface area contributed by atoms with Gasteiger partial charge in [0.2, 0.25) is 0 Å². The quantitative estimate of drug-likeness (QED) is 0.777. The molecule has 0 spiro atoms. The second-order valence-corrected chi connectivity index (χ2v) is 4.40. The van der Waals surface area contributed by atoms with E-state index in [1.165, 1.54) is 0 Å². The molecule has 0 saturated carbocycles. The number of methoxy groups -OCH3 is 1. The number of hydrogen-bond acceptors (Lipinski definition) is 4. The average molecular weight is 223 g/mol. The molecular formula is C12H21N3O. The molecule has 0 atom stereocenters. The van der Waals surface area contributed by atoms with Crippen LogP contribution in [0.1, 0.15) is 20.8 Å². The Balaban J connectivity index is 2.69. The minimum atomic E-state index is -0.0837. The van der Waals surface area contributed by atoms with Gasteiger partial charge in [0.25, 0.3) is 0 Å². The predicted molar refractivity (Wildman–Crippen MR) is 68.0 cm³/mol. The van der Waals surface area contributed by atoms with E-state index in [0.717, 1.165) is 18.1 Å². The fourth-order valence-electron chi connectivity index (χ4n) is 1.57. The third kappa shape index (κ3) is 4.06. The largest absolute Gasteiger partial charge is 0.382 e. The summed E-state index contributed by atoms with van der Waals surface area (Å²) in [6.07, 6.45) is 1.79. The van der Waals surface area contributed by atoms with E-state index >= 15 is 0 Å². The number of aromatic nitrogens is 1. The van der Waals surface area contributed by atoms with Crippen LogP contribution in [-0.4, -0.2) is 30.8 Å². The Labute approximate surface area is 97.4 Å². The molecule has 2 N–H and O–H groups in total. The smallest absolute Gasteiger partial charge is 0.127 e. The Morgan fingerprint density at radius 1 is 1.44 bits per heavy atom. The van der Waals surface area contributed by atoms with Gasteiger partial charge in [0, 0.05) is 31.6 Å². The van der Waals surface area contributed by atoms with Crippen LogP contribution in [0, 0.1) is 0 Å². The zero-order valence-electron chi connectivity index (χ0n) is 10.5. The van der Waals surface area contributed by atoms with Gasteiger partial charge in [0.1, 0.15) is 5.82 Å². The van der Waals surface area contributed by atoms with Gasteiger partial charge in [-0.2, -0.15) is 0 Å². The lowest BCUT2D eigenvalue weighted by Gasteiger charge is -2.26. The summed E-state index contributed by atoms with van der Waals surface area (Å²) in [4.78, 5) is 4.22. The van der Waals surface area contributed by atoms with Crippen molar-refractivity contribution in [1.29, 1.82) is 0 Å². The first-order chi connectivity index (χ1) is 7.57. The Morgan fingerprint density at radius 2 is 2.19 bits per heavy atom. The maximum Gasteiger partial charge on any atom is 0.127 e. The highest BCUT2D eigenvalue weighted by atomic mass is 16.5. The summed E-state index contributed by atoms with van der Waals surface area (Å²) in [5.41, 5.74) is 0.965. The van der Waals surface area contributed by atoms with E-state index in [1.54, 1.807) is 13.3 Å². The summed E-state index contributed by atoms with van der Waals surface area (Å²) < 4.78 is 5.16. The van der Waals surface area contributed by atoms with Gasteiger partial charge in [-0.15, -0.1) is 0 Å². The fraction of sp³-hybridized carbons (Fsp3) is 0.583. The van der Waals surface area contributed by atoms with Crippen LogP contribution in [0.3, 0.4) is 0 Å². The van der Waals surface area contributed by atoms with Gasteiger partial charge in [0.05, 0.1) is 12.1 Å². The van der Waals surface area contributed by atoms with Crippen molar-refractivity contribution in [1.82, 2.24) is 4.98 Å². The van der Waals surface area contributed by atoms with Gasteiger partial charge >= 0.3 is 0 Å². The molecule has 1 aromatic heterocycles. The van der Waals surface area contributed by atoms with Crippen molar-refractivity contribution in [3.8, 4) is 0 Å². The molecule has 0 aliphatic heterocycles. The molecule has 1 rings (SSSR count). The number of anilines is 2. The highest BCUT2D eigenvalue weighted by Gasteiger charge is 2.16. The van der Waals surface area contributed by atoms with Crippen molar-refractivity contribution in [2.24, 2.45) is 0 Å². The zero-order chi connectivity index (χ0) is 12.0. The van der Waals surface area contributed by atoms with E-state index in [4.69, 9.17) is 4.74 Å². The molecule has 0 radical (unpaired) electrons. The predicted octanol–water partition coefficient (Wildman–Crippen LogP) is 2.35. The first kappa shape index (κ1) is 12.8. The lowest BCUT2D eigenvalue weighted by atomic mass is 10.1. The third-order valence-corrected chi connectivity index (χ3v) is 2.11. The second kappa shape index (κ2) is 5.70. The maximum absolute atomic E-state index is 5.16. The molecule has 1 heterocycles. The summed E-state index contributed by atoms with van der Waals surface area (Å²) in [7, 11) is 1.71. The molecular weight excluding hydrogens is 202 g/mol. The van der Waals surface area contributed by atoms with Crippen LogP contribution >= 0.6 is 0 Å². The van der Waals surface area contributed by atoms with Crippen molar-refractivity contribution in [3.63, 3.8) is 0 Å². The normalized spacial score (nSPS) is 11.2. The van der Waals surface area contributed by atoms with Crippen LogP contribution in [0.4, 0.5) is 11.5 Å². The fourth-order valence-corrected chi connectivity index (χ4v) is 1.57. The van der Waals surface area contributed by atoms with Crippen molar-refractivity contribution in [2.45, 2.75) is 26.3 Å². The van der Waals surface area contributed by atoms with Crippen molar-refractivity contribution < 1.29 is 4.74 Å².